The quantitative estimate of drug-likeness (QED) is 0.762. The van der Waals surface area contributed by atoms with Crippen LogP contribution in [0.25, 0.3) is 17.0 Å². The standard InChI is InChI=1S/C17H13F2N3/c1-2-3-11-4-6-12(7-5-11)22-17-13-8-14(18)15(19)9-16(13)20-10-21-17/h2-10H,1H3,(H,20,21,22)/b3-2+. The molecule has 0 fully saturated rings. The summed E-state index contributed by atoms with van der Waals surface area (Å²) in [5.74, 6) is -1.41. The van der Waals surface area contributed by atoms with Gasteiger partial charge in [0, 0.05) is 17.1 Å². The molecule has 0 aliphatic heterocycles. The number of hydrogen-bond acceptors (Lipinski definition) is 3. The lowest BCUT2D eigenvalue weighted by Crippen LogP contribution is -1.97. The van der Waals surface area contributed by atoms with Gasteiger partial charge in [-0.2, -0.15) is 0 Å². The molecule has 0 bridgehead atoms. The molecule has 2 aromatic carbocycles. The first-order valence-corrected chi connectivity index (χ1v) is 6.77. The molecule has 0 atom stereocenters. The van der Waals surface area contributed by atoms with Gasteiger partial charge in [-0.3, -0.25) is 0 Å². The van der Waals surface area contributed by atoms with Gasteiger partial charge in [-0.15, -0.1) is 0 Å². The third-order valence-corrected chi connectivity index (χ3v) is 3.21. The maximum Gasteiger partial charge on any atom is 0.161 e. The van der Waals surface area contributed by atoms with E-state index in [-0.39, 0.29) is 0 Å². The van der Waals surface area contributed by atoms with Crippen LogP contribution in [0.5, 0.6) is 0 Å². The third kappa shape index (κ3) is 2.79. The molecule has 1 N–H and O–H groups in total. The lowest BCUT2D eigenvalue weighted by atomic mass is 10.2. The highest BCUT2D eigenvalue weighted by Crippen LogP contribution is 2.25. The van der Waals surface area contributed by atoms with E-state index >= 15 is 0 Å². The van der Waals surface area contributed by atoms with Crippen LogP contribution in [0.1, 0.15) is 12.5 Å². The minimum atomic E-state index is -0.923. The average Bonchev–Trinajstić information content (AvgIpc) is 2.51. The Kier molecular flexibility index (Phi) is 3.78. The smallest absolute Gasteiger partial charge is 0.161 e. The molecule has 1 heterocycles. The highest BCUT2D eigenvalue weighted by molar-refractivity contribution is 5.90. The Morgan fingerprint density at radius 1 is 1.00 bits per heavy atom. The first-order valence-electron chi connectivity index (χ1n) is 6.77. The zero-order valence-corrected chi connectivity index (χ0v) is 11.8. The van der Waals surface area contributed by atoms with Crippen molar-refractivity contribution in [2.24, 2.45) is 0 Å². The fraction of sp³-hybridized carbons (Fsp3) is 0.0588. The first-order chi connectivity index (χ1) is 10.7. The second kappa shape index (κ2) is 5.89. The number of allylic oxidation sites excluding steroid dienone is 1. The summed E-state index contributed by atoms with van der Waals surface area (Å²) in [6, 6.07) is 9.85. The monoisotopic (exact) mass is 297 g/mol. The Labute approximate surface area is 126 Å². The van der Waals surface area contributed by atoms with Crippen LogP contribution in [0, 0.1) is 11.6 Å². The van der Waals surface area contributed by atoms with Gasteiger partial charge in [-0.05, 0) is 30.7 Å². The molecule has 1 aromatic heterocycles. The predicted molar refractivity (Wildman–Crippen MR) is 83.9 cm³/mol. The average molecular weight is 297 g/mol. The fourth-order valence-electron chi connectivity index (χ4n) is 2.16. The van der Waals surface area contributed by atoms with Crippen molar-refractivity contribution in [2.75, 3.05) is 5.32 Å². The number of rotatable bonds is 3. The number of hydrogen-bond donors (Lipinski definition) is 1. The van der Waals surface area contributed by atoms with Crippen LogP contribution < -0.4 is 5.32 Å². The van der Waals surface area contributed by atoms with Crippen molar-refractivity contribution in [3.8, 4) is 0 Å². The SMILES string of the molecule is C/C=C/c1ccc(Nc2ncnc3cc(F)c(F)cc23)cc1. The molecule has 5 heteroatoms. The number of nitrogens with one attached hydrogen (secondary N) is 1. The molecule has 0 unspecified atom stereocenters. The summed E-state index contributed by atoms with van der Waals surface area (Å²) in [7, 11) is 0. The van der Waals surface area contributed by atoms with Crippen molar-refractivity contribution in [3.63, 3.8) is 0 Å². The highest BCUT2D eigenvalue weighted by Gasteiger charge is 2.09. The van der Waals surface area contributed by atoms with Gasteiger partial charge in [0.05, 0.1) is 5.52 Å². The number of aromatic nitrogens is 2. The van der Waals surface area contributed by atoms with E-state index < -0.39 is 11.6 Å². The van der Waals surface area contributed by atoms with E-state index in [4.69, 9.17) is 0 Å². The summed E-state index contributed by atoms with van der Waals surface area (Å²) >= 11 is 0. The van der Waals surface area contributed by atoms with Gasteiger partial charge in [0.15, 0.2) is 11.6 Å². The minimum absolute atomic E-state index is 0.349. The number of fused-ring (bicyclic) bond motifs is 1. The maximum atomic E-state index is 13.4. The number of anilines is 2. The molecule has 0 aliphatic carbocycles. The van der Waals surface area contributed by atoms with E-state index in [2.05, 4.69) is 15.3 Å². The van der Waals surface area contributed by atoms with Crippen LogP contribution in [0.4, 0.5) is 20.3 Å². The summed E-state index contributed by atoms with van der Waals surface area (Å²) in [5.41, 5.74) is 2.23. The highest BCUT2D eigenvalue weighted by atomic mass is 19.2. The van der Waals surface area contributed by atoms with Gasteiger partial charge in [-0.25, -0.2) is 18.7 Å². The van der Waals surface area contributed by atoms with Crippen molar-refractivity contribution in [1.82, 2.24) is 9.97 Å². The molecule has 3 nitrogen and oxygen atoms in total. The van der Waals surface area contributed by atoms with Crippen LogP contribution >= 0.6 is 0 Å². The van der Waals surface area contributed by atoms with Gasteiger partial charge in [0.2, 0.25) is 0 Å². The number of benzene rings is 2. The largest absolute Gasteiger partial charge is 0.340 e. The summed E-state index contributed by atoms with van der Waals surface area (Å²) in [4.78, 5) is 8.06. The van der Waals surface area contributed by atoms with Crippen LogP contribution in [0.2, 0.25) is 0 Å². The Morgan fingerprint density at radius 2 is 1.73 bits per heavy atom. The van der Waals surface area contributed by atoms with E-state index in [1.54, 1.807) is 0 Å². The maximum absolute atomic E-state index is 13.4. The van der Waals surface area contributed by atoms with Crippen LogP contribution in [0.15, 0.2) is 48.8 Å². The zero-order valence-electron chi connectivity index (χ0n) is 11.8. The molecule has 0 aliphatic rings. The predicted octanol–water partition coefficient (Wildman–Crippen LogP) is 4.68. The van der Waals surface area contributed by atoms with Gasteiger partial charge in [0.1, 0.15) is 12.1 Å². The normalized spacial score (nSPS) is 11.2. The molecule has 0 radical (unpaired) electrons. The van der Waals surface area contributed by atoms with Gasteiger partial charge < -0.3 is 5.32 Å². The van der Waals surface area contributed by atoms with Gasteiger partial charge >= 0.3 is 0 Å². The van der Waals surface area contributed by atoms with Crippen molar-refractivity contribution in [2.45, 2.75) is 6.92 Å². The summed E-state index contributed by atoms with van der Waals surface area (Å²) in [5, 5.41) is 3.53. The summed E-state index contributed by atoms with van der Waals surface area (Å²) < 4.78 is 26.7. The molecule has 3 aromatic rings. The molecule has 0 spiro atoms. The number of nitrogens with zero attached hydrogens (tertiary/aromatic N) is 2. The molecule has 22 heavy (non-hydrogen) atoms. The Hall–Kier alpha value is -2.82. The van der Waals surface area contributed by atoms with Crippen molar-refractivity contribution in [1.29, 1.82) is 0 Å². The van der Waals surface area contributed by atoms with Crippen LogP contribution in [-0.2, 0) is 0 Å². The zero-order chi connectivity index (χ0) is 15.5. The molecular formula is C17H13F2N3. The van der Waals surface area contributed by atoms with Crippen molar-refractivity contribution >= 4 is 28.5 Å². The van der Waals surface area contributed by atoms with E-state index in [1.807, 2.05) is 43.3 Å². The van der Waals surface area contributed by atoms with Crippen LogP contribution in [-0.4, -0.2) is 9.97 Å². The molecule has 0 amide bonds. The second-order valence-corrected chi connectivity index (χ2v) is 4.75. The molecule has 0 saturated heterocycles. The summed E-state index contributed by atoms with van der Waals surface area (Å²) in [6.07, 6.45) is 5.26. The van der Waals surface area contributed by atoms with E-state index in [0.717, 1.165) is 23.4 Å². The van der Waals surface area contributed by atoms with E-state index in [1.165, 1.54) is 6.33 Å². The van der Waals surface area contributed by atoms with Gasteiger partial charge in [0.25, 0.3) is 0 Å². The lowest BCUT2D eigenvalue weighted by molar-refractivity contribution is 0.510. The topological polar surface area (TPSA) is 37.8 Å². The Balaban J connectivity index is 1.98. The molecular weight excluding hydrogens is 284 g/mol. The Bertz CT molecular complexity index is 842. The first kappa shape index (κ1) is 14.1. The minimum Gasteiger partial charge on any atom is -0.340 e. The Morgan fingerprint density at radius 3 is 2.45 bits per heavy atom. The lowest BCUT2D eigenvalue weighted by Gasteiger charge is -2.09. The molecule has 0 saturated carbocycles. The van der Waals surface area contributed by atoms with E-state index in [9.17, 15) is 8.78 Å². The summed E-state index contributed by atoms with van der Waals surface area (Å²) in [6.45, 7) is 1.95. The number of halogens is 2. The molecule has 3 rings (SSSR count). The third-order valence-electron chi connectivity index (χ3n) is 3.21. The van der Waals surface area contributed by atoms with Crippen LogP contribution in [0.3, 0.4) is 0 Å². The van der Waals surface area contributed by atoms with E-state index in [0.29, 0.717) is 16.7 Å². The van der Waals surface area contributed by atoms with Crippen molar-refractivity contribution in [3.05, 3.63) is 66.0 Å². The van der Waals surface area contributed by atoms with Crippen molar-refractivity contribution < 1.29 is 8.78 Å². The van der Waals surface area contributed by atoms with Gasteiger partial charge in [-0.1, -0.05) is 24.3 Å². The molecule has 110 valence electrons. The second-order valence-electron chi connectivity index (χ2n) is 4.75. The fourth-order valence-corrected chi connectivity index (χ4v) is 2.16.